The van der Waals surface area contributed by atoms with Crippen molar-refractivity contribution in [3.63, 3.8) is 0 Å². The van der Waals surface area contributed by atoms with E-state index >= 15 is 0 Å². The summed E-state index contributed by atoms with van der Waals surface area (Å²) in [6.45, 7) is 1.32. The highest BCUT2D eigenvalue weighted by atomic mass is 35.5. The van der Waals surface area contributed by atoms with Crippen LogP contribution in [0.1, 0.15) is 6.92 Å². The number of aliphatic carboxylic acids is 1. The van der Waals surface area contributed by atoms with Crippen molar-refractivity contribution in [3.8, 4) is 0 Å². The second-order valence-corrected chi connectivity index (χ2v) is 6.86. The molecule has 0 aromatic heterocycles. The van der Waals surface area contributed by atoms with Crippen molar-refractivity contribution >= 4 is 33.3 Å². The smallest absolute Gasteiger partial charge is 0.327 e. The number of anilines is 1. The monoisotopic (exact) mass is 339 g/mol. The largest absolute Gasteiger partial charge is 0.480 e. The molecular formula is C15H14ClNO4S. The Hall–Kier alpha value is -2.05. The van der Waals surface area contributed by atoms with E-state index < -0.39 is 22.0 Å². The number of hydrogen-bond donors (Lipinski definition) is 1. The molecule has 0 radical (unpaired) electrons. The Labute approximate surface area is 133 Å². The van der Waals surface area contributed by atoms with Crippen molar-refractivity contribution in [3.05, 3.63) is 59.6 Å². The second kappa shape index (κ2) is 6.37. The molecule has 0 heterocycles. The summed E-state index contributed by atoms with van der Waals surface area (Å²) >= 11 is 5.81. The van der Waals surface area contributed by atoms with Gasteiger partial charge < -0.3 is 5.11 Å². The molecule has 7 heteroatoms. The third-order valence-electron chi connectivity index (χ3n) is 3.09. The number of rotatable bonds is 5. The zero-order valence-corrected chi connectivity index (χ0v) is 13.3. The van der Waals surface area contributed by atoms with Gasteiger partial charge in [0.1, 0.15) is 6.04 Å². The van der Waals surface area contributed by atoms with Crippen LogP contribution in [0.2, 0.25) is 5.02 Å². The SMILES string of the molecule is CC(C(=O)O)N(c1ccc(Cl)cc1)S(=O)(=O)c1ccccc1. The fourth-order valence-electron chi connectivity index (χ4n) is 1.96. The molecule has 0 saturated carbocycles. The highest BCUT2D eigenvalue weighted by molar-refractivity contribution is 7.92. The molecular weight excluding hydrogens is 326 g/mol. The van der Waals surface area contributed by atoms with Crippen LogP contribution in [0.4, 0.5) is 5.69 Å². The summed E-state index contributed by atoms with van der Waals surface area (Å²) in [5.41, 5.74) is 0.239. The quantitative estimate of drug-likeness (QED) is 0.908. The number of carboxylic acids is 1. The van der Waals surface area contributed by atoms with E-state index in [0.717, 1.165) is 4.31 Å². The molecule has 0 amide bonds. The molecule has 2 rings (SSSR count). The predicted molar refractivity (Wildman–Crippen MR) is 84.7 cm³/mol. The lowest BCUT2D eigenvalue weighted by atomic mass is 10.2. The number of sulfonamides is 1. The number of carbonyl (C=O) groups is 1. The Morgan fingerprint density at radius 1 is 1.09 bits per heavy atom. The molecule has 1 N–H and O–H groups in total. The summed E-state index contributed by atoms with van der Waals surface area (Å²) in [5, 5.41) is 9.68. The molecule has 5 nitrogen and oxygen atoms in total. The Morgan fingerprint density at radius 2 is 1.64 bits per heavy atom. The Morgan fingerprint density at radius 3 is 2.14 bits per heavy atom. The topological polar surface area (TPSA) is 74.7 Å². The molecule has 0 bridgehead atoms. The van der Waals surface area contributed by atoms with E-state index in [9.17, 15) is 18.3 Å². The van der Waals surface area contributed by atoms with E-state index in [1.54, 1.807) is 18.2 Å². The van der Waals surface area contributed by atoms with Crippen LogP contribution in [-0.4, -0.2) is 25.5 Å². The third kappa shape index (κ3) is 3.23. The minimum atomic E-state index is -4.00. The van der Waals surface area contributed by atoms with Gasteiger partial charge in [0.05, 0.1) is 10.6 Å². The van der Waals surface area contributed by atoms with Crippen LogP contribution >= 0.6 is 11.6 Å². The fraction of sp³-hybridized carbons (Fsp3) is 0.133. The molecule has 0 aliphatic rings. The summed E-state index contributed by atoms with van der Waals surface area (Å²) in [6.07, 6.45) is 0. The van der Waals surface area contributed by atoms with Crippen molar-refractivity contribution in [1.82, 2.24) is 0 Å². The molecule has 0 aliphatic carbocycles. The summed E-state index contributed by atoms with van der Waals surface area (Å²) in [4.78, 5) is 11.4. The van der Waals surface area contributed by atoms with Gasteiger partial charge >= 0.3 is 5.97 Å². The maximum Gasteiger partial charge on any atom is 0.327 e. The summed E-state index contributed by atoms with van der Waals surface area (Å²) < 4.78 is 26.5. The average Bonchev–Trinajstić information content (AvgIpc) is 2.50. The highest BCUT2D eigenvalue weighted by Crippen LogP contribution is 2.27. The van der Waals surface area contributed by atoms with Gasteiger partial charge in [-0.15, -0.1) is 0 Å². The molecule has 2 aromatic carbocycles. The minimum Gasteiger partial charge on any atom is -0.480 e. The van der Waals surface area contributed by atoms with Gasteiger partial charge in [-0.25, -0.2) is 13.2 Å². The summed E-state index contributed by atoms with van der Waals surface area (Å²) in [7, 11) is -4.00. The Balaban J connectivity index is 2.59. The van der Waals surface area contributed by atoms with Crippen LogP contribution in [0.15, 0.2) is 59.5 Å². The third-order valence-corrected chi connectivity index (χ3v) is 5.26. The second-order valence-electron chi connectivity index (χ2n) is 4.60. The number of nitrogens with zero attached hydrogens (tertiary/aromatic N) is 1. The van der Waals surface area contributed by atoms with Crippen molar-refractivity contribution in [2.24, 2.45) is 0 Å². The molecule has 0 saturated heterocycles. The first-order chi connectivity index (χ1) is 10.3. The molecule has 0 aliphatic heterocycles. The first-order valence-electron chi connectivity index (χ1n) is 6.42. The average molecular weight is 340 g/mol. The van der Waals surface area contributed by atoms with Crippen molar-refractivity contribution < 1.29 is 18.3 Å². The van der Waals surface area contributed by atoms with E-state index in [0.29, 0.717) is 5.02 Å². The first-order valence-corrected chi connectivity index (χ1v) is 8.23. The van der Waals surface area contributed by atoms with Crippen LogP contribution in [0.3, 0.4) is 0 Å². The number of benzene rings is 2. The first kappa shape index (κ1) is 16.3. The fourth-order valence-corrected chi connectivity index (χ4v) is 3.72. The van der Waals surface area contributed by atoms with E-state index in [-0.39, 0.29) is 10.6 Å². The van der Waals surface area contributed by atoms with Crippen LogP contribution in [-0.2, 0) is 14.8 Å². The number of halogens is 1. The summed E-state index contributed by atoms with van der Waals surface area (Å²) in [5.74, 6) is -1.24. The highest BCUT2D eigenvalue weighted by Gasteiger charge is 2.33. The van der Waals surface area contributed by atoms with Crippen molar-refractivity contribution in [1.29, 1.82) is 0 Å². The lowest BCUT2D eigenvalue weighted by Crippen LogP contribution is -2.43. The Kier molecular flexibility index (Phi) is 4.73. The normalized spacial score (nSPS) is 12.6. The molecule has 1 atom stereocenters. The lowest BCUT2D eigenvalue weighted by molar-refractivity contribution is -0.137. The van der Waals surface area contributed by atoms with E-state index in [1.165, 1.54) is 43.3 Å². The van der Waals surface area contributed by atoms with Gasteiger partial charge in [0, 0.05) is 5.02 Å². The van der Waals surface area contributed by atoms with Crippen LogP contribution in [0, 0.1) is 0 Å². The molecule has 2 aromatic rings. The zero-order chi connectivity index (χ0) is 16.3. The minimum absolute atomic E-state index is 0.0260. The summed E-state index contributed by atoms with van der Waals surface area (Å²) in [6, 6.07) is 12.4. The van der Waals surface area contributed by atoms with Gasteiger partial charge in [0.25, 0.3) is 10.0 Å². The van der Waals surface area contributed by atoms with Crippen LogP contribution < -0.4 is 4.31 Å². The van der Waals surface area contributed by atoms with Gasteiger partial charge in [0.2, 0.25) is 0 Å². The van der Waals surface area contributed by atoms with Gasteiger partial charge in [-0.3, -0.25) is 4.31 Å². The van der Waals surface area contributed by atoms with Gasteiger partial charge in [0.15, 0.2) is 0 Å². The number of carboxylic acid groups (broad SMARTS) is 1. The molecule has 1 unspecified atom stereocenters. The van der Waals surface area contributed by atoms with Gasteiger partial charge in [-0.2, -0.15) is 0 Å². The maximum atomic E-state index is 12.8. The molecule has 0 spiro atoms. The van der Waals surface area contributed by atoms with E-state index in [4.69, 9.17) is 11.6 Å². The molecule has 0 fully saturated rings. The lowest BCUT2D eigenvalue weighted by Gasteiger charge is -2.28. The van der Waals surface area contributed by atoms with Crippen molar-refractivity contribution in [2.75, 3.05) is 4.31 Å². The van der Waals surface area contributed by atoms with Crippen molar-refractivity contribution in [2.45, 2.75) is 17.9 Å². The molecule has 116 valence electrons. The number of hydrogen-bond acceptors (Lipinski definition) is 3. The van der Waals surface area contributed by atoms with E-state index in [2.05, 4.69) is 0 Å². The maximum absolute atomic E-state index is 12.8. The van der Waals surface area contributed by atoms with Gasteiger partial charge in [-0.1, -0.05) is 29.8 Å². The predicted octanol–water partition coefficient (Wildman–Crippen LogP) is 3.01. The molecule has 22 heavy (non-hydrogen) atoms. The Bertz CT molecular complexity index is 760. The van der Waals surface area contributed by atoms with Crippen LogP contribution in [0.25, 0.3) is 0 Å². The van der Waals surface area contributed by atoms with E-state index in [1.807, 2.05) is 0 Å². The van der Waals surface area contributed by atoms with Gasteiger partial charge in [-0.05, 0) is 43.3 Å². The van der Waals surface area contributed by atoms with Crippen LogP contribution in [0.5, 0.6) is 0 Å². The standard InChI is InChI=1S/C15H14ClNO4S/c1-11(15(18)19)17(13-9-7-12(16)8-10-13)22(20,21)14-5-3-2-4-6-14/h2-11H,1H3,(H,18,19). The zero-order valence-electron chi connectivity index (χ0n) is 11.7.